The zero-order chi connectivity index (χ0) is 23.6. The third-order valence-corrected chi connectivity index (χ3v) is 9.46. The van der Waals surface area contributed by atoms with E-state index in [1.807, 2.05) is 18.2 Å². The Morgan fingerprint density at radius 3 is 2.91 bits per heavy atom. The molecule has 2 N–H and O–H groups in total. The molecule has 1 saturated carbocycles. The fraction of sp³-hybridized carbons (Fsp3) is 0.520. The lowest BCUT2D eigenvalue weighted by Gasteiger charge is -2.19. The number of ether oxygens (including phenoxy) is 1. The Hall–Kier alpha value is -1.32. The summed E-state index contributed by atoms with van der Waals surface area (Å²) in [5.74, 6) is 1.81. The monoisotopic (exact) mass is 508 g/mol. The number of esters is 1. The van der Waals surface area contributed by atoms with Crippen LogP contribution < -0.4 is 0 Å². The Kier molecular flexibility index (Phi) is 10.8. The molecule has 0 saturated heterocycles. The van der Waals surface area contributed by atoms with E-state index in [2.05, 4.69) is 22.9 Å². The molecule has 1 heterocycles. The topological polar surface area (TPSA) is 83.8 Å². The molecule has 180 valence electrons. The van der Waals surface area contributed by atoms with Gasteiger partial charge in [0.15, 0.2) is 0 Å². The third-order valence-electron chi connectivity index (χ3n) is 5.81. The lowest BCUT2D eigenvalue weighted by Crippen LogP contribution is -2.21. The number of hydrogen-bond acceptors (Lipinski definition) is 8. The highest BCUT2D eigenvalue weighted by Crippen LogP contribution is 2.38. The van der Waals surface area contributed by atoms with Crippen molar-refractivity contribution in [2.75, 3.05) is 31.0 Å². The van der Waals surface area contributed by atoms with Crippen molar-refractivity contribution in [1.82, 2.24) is 0 Å². The molecule has 5 nitrogen and oxygen atoms in total. The van der Waals surface area contributed by atoms with Gasteiger partial charge in [0, 0.05) is 28.5 Å². The largest absolute Gasteiger partial charge is 0.468 e. The number of hydrogen-bond donors (Lipinski definition) is 2. The van der Waals surface area contributed by atoms with Crippen LogP contribution in [-0.2, 0) is 20.7 Å². The zero-order valence-electron chi connectivity index (χ0n) is 18.9. The number of carbonyl (C=O) groups excluding carboxylic acids is 2. The van der Waals surface area contributed by atoms with Crippen LogP contribution in [0.25, 0.3) is 10.1 Å². The van der Waals surface area contributed by atoms with Crippen molar-refractivity contribution in [3.05, 3.63) is 47.4 Å². The first-order valence-electron chi connectivity index (χ1n) is 11.3. The molecular weight excluding hydrogens is 476 g/mol. The summed E-state index contributed by atoms with van der Waals surface area (Å²) in [5, 5.41) is 21.3. The van der Waals surface area contributed by atoms with Crippen LogP contribution in [0.2, 0.25) is 0 Å². The van der Waals surface area contributed by atoms with Gasteiger partial charge in [-0.05, 0) is 54.2 Å². The van der Waals surface area contributed by atoms with Gasteiger partial charge < -0.3 is 14.9 Å². The average Bonchev–Trinajstić information content (AvgIpc) is 3.38. The maximum absolute atomic E-state index is 12.5. The predicted molar refractivity (Wildman–Crippen MR) is 139 cm³/mol. The second-order valence-corrected chi connectivity index (χ2v) is 11.7. The quantitative estimate of drug-likeness (QED) is 0.236. The number of aliphatic hydroxyl groups excluding tert-OH is 2. The summed E-state index contributed by atoms with van der Waals surface area (Å²) >= 11 is 4.92. The van der Waals surface area contributed by atoms with Crippen molar-refractivity contribution >= 4 is 56.7 Å². The van der Waals surface area contributed by atoms with Gasteiger partial charge in [-0.25, -0.2) is 0 Å². The Labute approximate surface area is 208 Å². The first kappa shape index (κ1) is 26.3. The first-order chi connectivity index (χ1) is 16.0. The highest BCUT2D eigenvalue weighted by molar-refractivity contribution is 8.01. The number of ketones is 1. The molecule has 1 aromatic carbocycles. The number of methoxy groups -OCH3 is 1. The van der Waals surface area contributed by atoms with Gasteiger partial charge in [-0.3, -0.25) is 9.59 Å². The number of allylic oxidation sites excluding steroid dienone is 1. The Morgan fingerprint density at radius 1 is 1.33 bits per heavy atom. The van der Waals surface area contributed by atoms with E-state index < -0.39 is 6.10 Å². The molecule has 1 aromatic heterocycles. The summed E-state index contributed by atoms with van der Waals surface area (Å²) in [5.41, 5.74) is 0. The molecule has 8 heteroatoms. The smallest absolute Gasteiger partial charge is 0.315 e. The maximum Gasteiger partial charge on any atom is 0.315 e. The van der Waals surface area contributed by atoms with Gasteiger partial charge in [0.2, 0.25) is 0 Å². The van der Waals surface area contributed by atoms with Crippen molar-refractivity contribution < 1.29 is 24.5 Å². The van der Waals surface area contributed by atoms with E-state index >= 15 is 0 Å². The molecule has 0 spiro atoms. The minimum Gasteiger partial charge on any atom is -0.468 e. The summed E-state index contributed by atoms with van der Waals surface area (Å²) < 4.78 is 5.89. The van der Waals surface area contributed by atoms with Gasteiger partial charge in [0.25, 0.3) is 0 Å². The van der Waals surface area contributed by atoms with Gasteiger partial charge in [-0.1, -0.05) is 30.4 Å². The normalized spacial score (nSPS) is 21.8. The molecule has 0 radical (unpaired) electrons. The average molecular weight is 509 g/mol. The van der Waals surface area contributed by atoms with Crippen LogP contribution in [-0.4, -0.2) is 64.3 Å². The maximum atomic E-state index is 12.5. The Balaban J connectivity index is 1.47. The SMILES string of the molecule is COC(=O)CSCCCS[C@H]1C(=O)C[C@@H](CO)[C@@H]1/C=C/C(O)CCc1cc2ccccc2s1. The van der Waals surface area contributed by atoms with Crippen LogP contribution in [0, 0.1) is 11.8 Å². The highest BCUT2D eigenvalue weighted by Gasteiger charge is 2.40. The van der Waals surface area contributed by atoms with Crippen LogP contribution >= 0.6 is 34.9 Å². The third kappa shape index (κ3) is 7.86. The standard InChI is InChI=1S/C25H32O5S3/c1-30-24(29)16-31-11-4-12-32-25-21(18(15-26)14-22(25)28)10-8-19(27)7-9-20-13-17-5-2-3-6-23(17)33-20/h2-3,5-6,8,10,13,18-19,21,25-27H,4,7,9,11-12,14-16H2,1H3/b10-8+/t18-,19?,21-,25+/m0/s1. The van der Waals surface area contributed by atoms with Gasteiger partial charge >= 0.3 is 5.97 Å². The molecule has 3 rings (SSSR count). The van der Waals surface area contributed by atoms with Crippen molar-refractivity contribution in [2.45, 2.75) is 37.0 Å². The van der Waals surface area contributed by atoms with E-state index in [9.17, 15) is 19.8 Å². The minimum atomic E-state index is -0.578. The molecule has 1 aliphatic carbocycles. The van der Waals surface area contributed by atoms with E-state index in [-0.39, 0.29) is 35.4 Å². The van der Waals surface area contributed by atoms with Crippen molar-refractivity contribution in [3.63, 3.8) is 0 Å². The minimum absolute atomic E-state index is 0.0231. The number of carbonyl (C=O) groups is 2. The fourth-order valence-electron chi connectivity index (χ4n) is 4.01. The fourth-order valence-corrected chi connectivity index (χ4v) is 7.43. The van der Waals surface area contributed by atoms with Gasteiger partial charge in [0.1, 0.15) is 5.78 Å². The first-order valence-corrected chi connectivity index (χ1v) is 14.3. The molecule has 33 heavy (non-hydrogen) atoms. The molecule has 4 atom stereocenters. The summed E-state index contributed by atoms with van der Waals surface area (Å²) in [6, 6.07) is 10.5. The lowest BCUT2D eigenvalue weighted by molar-refractivity contribution is -0.137. The number of aliphatic hydroxyl groups is 2. The molecule has 1 aliphatic rings. The van der Waals surface area contributed by atoms with Gasteiger partial charge in [0.05, 0.1) is 24.2 Å². The molecule has 0 amide bonds. The molecular formula is C25H32O5S3. The van der Waals surface area contributed by atoms with Crippen molar-refractivity contribution in [1.29, 1.82) is 0 Å². The van der Waals surface area contributed by atoms with Crippen LogP contribution in [0.15, 0.2) is 42.5 Å². The number of aryl methyl sites for hydroxylation is 1. The van der Waals surface area contributed by atoms with Crippen LogP contribution in [0.1, 0.15) is 24.1 Å². The van der Waals surface area contributed by atoms with E-state index in [1.54, 1.807) is 29.2 Å². The predicted octanol–water partition coefficient (Wildman–Crippen LogP) is 4.35. The lowest BCUT2D eigenvalue weighted by atomic mass is 9.95. The number of thioether (sulfide) groups is 2. The highest BCUT2D eigenvalue weighted by atomic mass is 32.2. The molecule has 2 aromatic rings. The summed E-state index contributed by atoms with van der Waals surface area (Å²) in [7, 11) is 1.39. The number of thiophene rings is 1. The van der Waals surface area contributed by atoms with Gasteiger partial charge in [-0.15, -0.1) is 23.1 Å². The number of rotatable bonds is 13. The summed E-state index contributed by atoms with van der Waals surface area (Å²) in [6.45, 7) is -0.0231. The van der Waals surface area contributed by atoms with Crippen LogP contribution in [0.5, 0.6) is 0 Å². The van der Waals surface area contributed by atoms with E-state index in [0.29, 0.717) is 18.6 Å². The molecule has 1 fully saturated rings. The molecule has 1 unspecified atom stereocenters. The number of benzene rings is 1. The second-order valence-electron chi connectivity index (χ2n) is 8.21. The molecule has 0 aliphatic heterocycles. The van der Waals surface area contributed by atoms with E-state index in [0.717, 1.165) is 24.3 Å². The number of Topliss-reactive ketones (excluding diaryl/α,β-unsaturated/α-hetero) is 1. The number of fused-ring (bicyclic) bond motifs is 1. The van der Waals surface area contributed by atoms with Crippen LogP contribution in [0.4, 0.5) is 0 Å². The Bertz CT molecular complexity index is 908. The van der Waals surface area contributed by atoms with Gasteiger partial charge in [-0.2, -0.15) is 11.8 Å². The van der Waals surface area contributed by atoms with E-state index in [4.69, 9.17) is 0 Å². The Morgan fingerprint density at radius 2 is 2.15 bits per heavy atom. The van der Waals surface area contributed by atoms with Crippen LogP contribution in [0.3, 0.4) is 0 Å². The molecule has 0 bridgehead atoms. The summed E-state index contributed by atoms with van der Waals surface area (Å²) in [4.78, 5) is 25.0. The van der Waals surface area contributed by atoms with Crippen molar-refractivity contribution in [2.24, 2.45) is 11.8 Å². The second kappa shape index (κ2) is 13.5. The zero-order valence-corrected chi connectivity index (χ0v) is 21.3. The summed E-state index contributed by atoms with van der Waals surface area (Å²) in [6.07, 6.45) is 5.89. The van der Waals surface area contributed by atoms with Crippen molar-refractivity contribution in [3.8, 4) is 0 Å². The van der Waals surface area contributed by atoms with E-state index in [1.165, 1.54) is 33.8 Å².